The van der Waals surface area contributed by atoms with E-state index in [1.54, 1.807) is 18.2 Å². The molecule has 1 amide bonds. The maximum Gasteiger partial charge on any atom is 0.311 e. The monoisotopic (exact) mass is 267 g/mol. The van der Waals surface area contributed by atoms with Crippen LogP contribution >= 0.6 is 0 Å². The lowest BCUT2D eigenvalue weighted by molar-refractivity contribution is -0.153. The van der Waals surface area contributed by atoms with Crippen LogP contribution in [0.25, 0.3) is 0 Å². The Balaban J connectivity index is 2.72. The Labute approximate surface area is 111 Å². The predicted molar refractivity (Wildman–Crippen MR) is 68.0 cm³/mol. The molecular weight excluding hydrogens is 250 g/mol. The number of ether oxygens (including phenoxy) is 3. The molecule has 6 heteroatoms. The summed E-state index contributed by atoms with van der Waals surface area (Å²) < 4.78 is 15.1. The van der Waals surface area contributed by atoms with Crippen LogP contribution in [-0.4, -0.2) is 32.2 Å². The number of esters is 1. The second kappa shape index (κ2) is 6.63. The van der Waals surface area contributed by atoms with Gasteiger partial charge in [0.15, 0.2) is 17.6 Å². The van der Waals surface area contributed by atoms with E-state index in [9.17, 15) is 9.59 Å². The van der Waals surface area contributed by atoms with Crippen molar-refractivity contribution in [2.24, 2.45) is 5.73 Å². The number of methoxy groups -OCH3 is 2. The van der Waals surface area contributed by atoms with Crippen molar-refractivity contribution in [3.05, 3.63) is 23.8 Å². The summed E-state index contributed by atoms with van der Waals surface area (Å²) in [5.74, 6) is -0.111. The van der Waals surface area contributed by atoms with Crippen LogP contribution in [0.3, 0.4) is 0 Å². The molecule has 0 fully saturated rings. The maximum atomic E-state index is 11.6. The van der Waals surface area contributed by atoms with Crippen molar-refractivity contribution in [3.63, 3.8) is 0 Å². The molecule has 0 saturated carbocycles. The number of hydrogen-bond acceptors (Lipinski definition) is 5. The molecule has 0 aliphatic heterocycles. The summed E-state index contributed by atoms with van der Waals surface area (Å²) in [6.07, 6.45) is -0.912. The quantitative estimate of drug-likeness (QED) is 0.765. The summed E-state index contributed by atoms with van der Waals surface area (Å²) in [7, 11) is 3.04. The van der Waals surface area contributed by atoms with E-state index in [2.05, 4.69) is 0 Å². The van der Waals surface area contributed by atoms with Crippen LogP contribution in [0.4, 0.5) is 0 Å². The van der Waals surface area contributed by atoms with Crippen LogP contribution in [-0.2, 0) is 20.7 Å². The van der Waals surface area contributed by atoms with Gasteiger partial charge in [-0.2, -0.15) is 0 Å². The van der Waals surface area contributed by atoms with E-state index >= 15 is 0 Å². The van der Waals surface area contributed by atoms with Crippen LogP contribution in [0.2, 0.25) is 0 Å². The van der Waals surface area contributed by atoms with Gasteiger partial charge in [-0.1, -0.05) is 6.07 Å². The molecule has 0 saturated heterocycles. The van der Waals surface area contributed by atoms with Crippen LogP contribution < -0.4 is 15.2 Å². The molecule has 0 radical (unpaired) electrons. The number of amides is 1. The Morgan fingerprint density at radius 2 is 1.84 bits per heavy atom. The molecule has 0 spiro atoms. The van der Waals surface area contributed by atoms with Crippen molar-refractivity contribution in [2.45, 2.75) is 19.4 Å². The highest BCUT2D eigenvalue weighted by atomic mass is 16.5. The van der Waals surface area contributed by atoms with Gasteiger partial charge in [-0.15, -0.1) is 0 Å². The number of nitrogens with two attached hydrogens (primary N) is 1. The molecule has 0 heterocycles. The highest BCUT2D eigenvalue weighted by molar-refractivity contribution is 5.82. The molecule has 2 N–H and O–H groups in total. The van der Waals surface area contributed by atoms with Gasteiger partial charge < -0.3 is 19.9 Å². The molecule has 0 bridgehead atoms. The molecule has 0 aliphatic carbocycles. The van der Waals surface area contributed by atoms with Crippen molar-refractivity contribution < 1.29 is 23.8 Å². The first-order valence-corrected chi connectivity index (χ1v) is 5.67. The summed E-state index contributed by atoms with van der Waals surface area (Å²) in [6, 6.07) is 5.09. The van der Waals surface area contributed by atoms with E-state index in [1.165, 1.54) is 21.1 Å². The zero-order valence-electron chi connectivity index (χ0n) is 11.1. The first-order chi connectivity index (χ1) is 8.97. The number of primary amides is 1. The lowest BCUT2D eigenvalue weighted by Gasteiger charge is -2.11. The summed E-state index contributed by atoms with van der Waals surface area (Å²) in [5.41, 5.74) is 5.70. The smallest absolute Gasteiger partial charge is 0.311 e. The number of hydrogen-bond donors (Lipinski definition) is 1. The first-order valence-electron chi connectivity index (χ1n) is 5.67. The lowest BCUT2D eigenvalue weighted by Crippen LogP contribution is -2.30. The Hall–Kier alpha value is -2.24. The average molecular weight is 267 g/mol. The Kier molecular flexibility index (Phi) is 5.17. The van der Waals surface area contributed by atoms with E-state index in [-0.39, 0.29) is 6.42 Å². The summed E-state index contributed by atoms with van der Waals surface area (Å²) in [4.78, 5) is 22.4. The van der Waals surface area contributed by atoms with Gasteiger partial charge >= 0.3 is 5.97 Å². The van der Waals surface area contributed by atoms with E-state index in [1.807, 2.05) is 0 Å². The van der Waals surface area contributed by atoms with Crippen molar-refractivity contribution in [3.8, 4) is 11.5 Å². The van der Waals surface area contributed by atoms with Crippen molar-refractivity contribution in [1.29, 1.82) is 0 Å². The number of carbonyl (C=O) groups is 2. The van der Waals surface area contributed by atoms with Crippen LogP contribution in [0.5, 0.6) is 11.5 Å². The zero-order chi connectivity index (χ0) is 14.4. The van der Waals surface area contributed by atoms with Crippen molar-refractivity contribution in [2.75, 3.05) is 14.2 Å². The molecule has 19 heavy (non-hydrogen) atoms. The van der Waals surface area contributed by atoms with Gasteiger partial charge in [-0.05, 0) is 24.6 Å². The topological polar surface area (TPSA) is 87.9 Å². The van der Waals surface area contributed by atoms with Crippen LogP contribution in [0, 0.1) is 0 Å². The van der Waals surface area contributed by atoms with Crippen molar-refractivity contribution >= 4 is 11.9 Å². The molecule has 0 aromatic heterocycles. The largest absolute Gasteiger partial charge is 0.493 e. The summed E-state index contributed by atoms with van der Waals surface area (Å²) in [5, 5.41) is 0. The van der Waals surface area contributed by atoms with E-state index in [0.717, 1.165) is 0 Å². The highest BCUT2D eigenvalue weighted by Gasteiger charge is 2.15. The molecule has 1 aromatic carbocycles. The molecule has 0 unspecified atom stereocenters. The van der Waals surface area contributed by atoms with E-state index in [0.29, 0.717) is 17.1 Å². The predicted octanol–water partition coefficient (Wildman–Crippen LogP) is 0.663. The van der Waals surface area contributed by atoms with Gasteiger partial charge in [-0.3, -0.25) is 9.59 Å². The molecule has 6 nitrogen and oxygen atoms in total. The molecule has 0 aliphatic rings. The normalized spacial score (nSPS) is 11.5. The van der Waals surface area contributed by atoms with Gasteiger partial charge in [0.25, 0.3) is 5.91 Å². The molecular formula is C13H17NO5. The standard InChI is InChI=1S/C13H17NO5/c1-8(13(14)16)19-12(15)7-9-4-5-10(17-2)11(6-9)18-3/h4-6,8H,7H2,1-3H3,(H2,14,16)/t8-/m1/s1. The SMILES string of the molecule is COc1ccc(CC(=O)O[C@H](C)C(N)=O)cc1OC. The molecule has 104 valence electrons. The summed E-state index contributed by atoms with van der Waals surface area (Å²) >= 11 is 0. The zero-order valence-corrected chi connectivity index (χ0v) is 11.1. The summed E-state index contributed by atoms with van der Waals surface area (Å²) in [6.45, 7) is 1.43. The third kappa shape index (κ3) is 4.17. The van der Waals surface area contributed by atoms with Crippen LogP contribution in [0.1, 0.15) is 12.5 Å². The molecule has 1 aromatic rings. The highest BCUT2D eigenvalue weighted by Crippen LogP contribution is 2.27. The van der Waals surface area contributed by atoms with Gasteiger partial charge in [0.2, 0.25) is 0 Å². The minimum atomic E-state index is -0.937. The van der Waals surface area contributed by atoms with Gasteiger partial charge in [0, 0.05) is 0 Å². The number of rotatable bonds is 6. The maximum absolute atomic E-state index is 11.6. The van der Waals surface area contributed by atoms with Crippen molar-refractivity contribution in [1.82, 2.24) is 0 Å². The fourth-order valence-electron chi connectivity index (χ4n) is 1.45. The molecule has 1 rings (SSSR count). The van der Waals surface area contributed by atoms with Gasteiger partial charge in [-0.25, -0.2) is 0 Å². The minimum absolute atomic E-state index is 0.0258. The Morgan fingerprint density at radius 1 is 1.21 bits per heavy atom. The Bertz CT molecular complexity index is 472. The second-order valence-electron chi connectivity index (χ2n) is 3.90. The number of benzene rings is 1. The lowest BCUT2D eigenvalue weighted by atomic mass is 10.1. The second-order valence-corrected chi connectivity index (χ2v) is 3.90. The average Bonchev–Trinajstić information content (AvgIpc) is 2.38. The minimum Gasteiger partial charge on any atom is -0.493 e. The van der Waals surface area contributed by atoms with Crippen LogP contribution in [0.15, 0.2) is 18.2 Å². The first kappa shape index (κ1) is 14.8. The van der Waals surface area contributed by atoms with Gasteiger partial charge in [0.05, 0.1) is 20.6 Å². The third-order valence-corrected chi connectivity index (χ3v) is 2.51. The Morgan fingerprint density at radius 3 is 2.37 bits per heavy atom. The van der Waals surface area contributed by atoms with Gasteiger partial charge in [0.1, 0.15) is 0 Å². The third-order valence-electron chi connectivity index (χ3n) is 2.51. The molecule has 1 atom stereocenters. The van der Waals surface area contributed by atoms with E-state index < -0.39 is 18.0 Å². The number of carbonyl (C=O) groups excluding carboxylic acids is 2. The fraction of sp³-hybridized carbons (Fsp3) is 0.385. The van der Waals surface area contributed by atoms with E-state index in [4.69, 9.17) is 19.9 Å². The fourth-order valence-corrected chi connectivity index (χ4v) is 1.45.